The van der Waals surface area contributed by atoms with Gasteiger partial charge in [-0.2, -0.15) is 0 Å². The van der Waals surface area contributed by atoms with Gasteiger partial charge in [0.15, 0.2) is 0 Å². The number of benzene rings is 4. The molecule has 0 atom stereocenters. The molecule has 4 aromatic carbocycles. The zero-order valence-electron chi connectivity index (χ0n) is 21.7. The number of hydrogen-bond donors (Lipinski definition) is 0. The summed E-state index contributed by atoms with van der Waals surface area (Å²) in [5.74, 6) is 0. The second-order valence-corrected chi connectivity index (χ2v) is 14.2. The molecule has 0 radical (unpaired) electrons. The Kier molecular flexibility index (Phi) is 4.54. The van der Waals surface area contributed by atoms with Gasteiger partial charge in [0, 0.05) is 0 Å². The molecule has 37 heavy (non-hydrogen) atoms. The molecule has 2 aliphatic rings. The molecule has 178 valence electrons. The van der Waals surface area contributed by atoms with E-state index in [1.165, 1.54) is 66.6 Å². The van der Waals surface area contributed by atoms with E-state index in [0.717, 1.165) is 12.8 Å². The van der Waals surface area contributed by atoms with Crippen molar-refractivity contribution in [3.8, 4) is 22.5 Å². The van der Waals surface area contributed by atoms with Crippen molar-refractivity contribution in [1.82, 2.24) is 9.13 Å². The van der Waals surface area contributed by atoms with Crippen LogP contribution in [0.5, 0.6) is 0 Å². The Morgan fingerprint density at radius 3 is 1.49 bits per heavy atom. The molecule has 0 N–H and O–H groups in total. The Bertz CT molecular complexity index is 1810. The van der Waals surface area contributed by atoms with Crippen LogP contribution in [0.15, 0.2) is 72.8 Å². The molecule has 0 saturated carbocycles. The zero-order valence-corrected chi connectivity index (χ0v) is 24.2. The van der Waals surface area contributed by atoms with Gasteiger partial charge in [0.2, 0.25) is 0 Å². The van der Waals surface area contributed by atoms with Gasteiger partial charge < -0.3 is 0 Å². The molecule has 0 aliphatic heterocycles. The first-order valence-electron chi connectivity index (χ1n) is 13.2. The van der Waals surface area contributed by atoms with Crippen molar-refractivity contribution in [3.63, 3.8) is 0 Å². The topological polar surface area (TPSA) is 9.86 Å². The second-order valence-electron chi connectivity index (χ2n) is 11.0. The number of rotatable bonds is 2. The summed E-state index contributed by atoms with van der Waals surface area (Å²) < 4.78 is 8.13. The van der Waals surface area contributed by atoms with Crippen molar-refractivity contribution in [2.75, 3.05) is 0 Å². The number of hydrogen-bond acceptors (Lipinski definition) is 0. The summed E-state index contributed by atoms with van der Waals surface area (Å²) in [5, 5.41) is 2.87. The molecule has 8 rings (SSSR count). The average Bonchev–Trinajstić information content (AvgIpc) is 3.60. The fraction of sp³-hybridized carbons (Fsp3) is 0.176. The third-order valence-electron chi connectivity index (χ3n) is 8.76. The summed E-state index contributed by atoms with van der Waals surface area (Å²) in [5.41, 5.74) is 17.4. The fourth-order valence-electron chi connectivity index (χ4n) is 7.04. The summed E-state index contributed by atoms with van der Waals surface area (Å²) >= 11 is -0.987. The standard InChI is InChI=1S/2C17H14N.Zr/c2*1-11-7-8-16-14(9-11)15-10-12-5-3-4-6-13(12)17(15)18(16)2;/h2*3-4,6-9H,10H2,1-2H3;. The van der Waals surface area contributed by atoms with E-state index in [2.05, 4.69) is 110 Å². The maximum atomic E-state index is 2.44. The van der Waals surface area contributed by atoms with Crippen molar-refractivity contribution in [1.29, 1.82) is 0 Å². The van der Waals surface area contributed by atoms with E-state index in [9.17, 15) is 0 Å². The molecule has 0 amide bonds. The van der Waals surface area contributed by atoms with Crippen LogP contribution in [0.25, 0.3) is 44.3 Å². The van der Waals surface area contributed by atoms with Gasteiger partial charge in [-0.05, 0) is 0 Å². The summed E-state index contributed by atoms with van der Waals surface area (Å²) in [6, 6.07) is 28.0. The zero-order chi connectivity index (χ0) is 25.0. The molecule has 2 aliphatic carbocycles. The van der Waals surface area contributed by atoms with Crippen molar-refractivity contribution in [2.45, 2.75) is 26.7 Å². The first-order chi connectivity index (χ1) is 18.0. The number of nitrogens with zero attached hydrogens (tertiary/aromatic N) is 2. The first kappa shape index (κ1) is 21.9. The van der Waals surface area contributed by atoms with Gasteiger partial charge in [-0.3, -0.25) is 0 Å². The van der Waals surface area contributed by atoms with Gasteiger partial charge in [0.05, 0.1) is 0 Å². The van der Waals surface area contributed by atoms with E-state index in [1.54, 1.807) is 17.7 Å². The minimum atomic E-state index is -0.987. The van der Waals surface area contributed by atoms with E-state index in [-0.39, 0.29) is 0 Å². The maximum absolute atomic E-state index is 2.44. The molecule has 2 nitrogen and oxygen atoms in total. The molecule has 2 heterocycles. The monoisotopic (exact) mass is 554 g/mol. The predicted octanol–water partition coefficient (Wildman–Crippen LogP) is 6.46. The summed E-state index contributed by atoms with van der Waals surface area (Å²) in [6.07, 6.45) is 2.14. The Labute approximate surface area is 229 Å². The molecule has 0 unspecified atom stereocenters. The van der Waals surface area contributed by atoms with Gasteiger partial charge in [-0.15, -0.1) is 0 Å². The second kappa shape index (κ2) is 7.68. The Balaban J connectivity index is 1.24. The van der Waals surface area contributed by atoms with Crippen LogP contribution in [0, 0.1) is 13.8 Å². The van der Waals surface area contributed by atoms with Crippen molar-refractivity contribution >= 4 is 28.3 Å². The van der Waals surface area contributed by atoms with Crippen molar-refractivity contribution in [3.05, 3.63) is 106 Å². The molecular formula is C34H28N2Zr. The third kappa shape index (κ3) is 2.95. The Morgan fingerprint density at radius 2 is 1.03 bits per heavy atom. The van der Waals surface area contributed by atoms with Crippen LogP contribution < -0.4 is 6.54 Å². The fourth-order valence-corrected chi connectivity index (χ4v) is 10.5. The van der Waals surface area contributed by atoms with E-state index < -0.39 is 23.2 Å². The number of aryl methyl sites for hydroxylation is 4. The van der Waals surface area contributed by atoms with Gasteiger partial charge >= 0.3 is 230 Å². The van der Waals surface area contributed by atoms with Crippen molar-refractivity contribution in [2.24, 2.45) is 14.1 Å². The Morgan fingerprint density at radius 1 is 0.568 bits per heavy atom. The molecule has 0 saturated heterocycles. The van der Waals surface area contributed by atoms with Gasteiger partial charge in [0.25, 0.3) is 0 Å². The van der Waals surface area contributed by atoms with Crippen LogP contribution >= 0.6 is 0 Å². The van der Waals surface area contributed by atoms with E-state index in [0.29, 0.717) is 0 Å². The van der Waals surface area contributed by atoms with Crippen LogP contribution in [-0.2, 0) is 50.2 Å². The molecule has 6 aromatic rings. The van der Waals surface area contributed by atoms with Gasteiger partial charge in [-0.1, -0.05) is 0 Å². The summed E-state index contributed by atoms with van der Waals surface area (Å²) in [7, 11) is 4.48. The van der Waals surface area contributed by atoms with Crippen LogP contribution in [0.4, 0.5) is 0 Å². The van der Waals surface area contributed by atoms with Crippen molar-refractivity contribution < 1.29 is 23.2 Å². The quantitative estimate of drug-likeness (QED) is 0.232. The molecular weight excluding hydrogens is 528 g/mol. The number of aromatic nitrogens is 2. The molecule has 0 fully saturated rings. The summed E-state index contributed by atoms with van der Waals surface area (Å²) in [4.78, 5) is 0. The van der Waals surface area contributed by atoms with E-state index >= 15 is 0 Å². The van der Waals surface area contributed by atoms with Crippen LogP contribution in [0.2, 0.25) is 0 Å². The predicted molar refractivity (Wildman–Crippen MR) is 151 cm³/mol. The first-order valence-corrected chi connectivity index (χ1v) is 15.6. The summed E-state index contributed by atoms with van der Waals surface area (Å²) in [6.45, 7) is 4.42. The third-order valence-corrected chi connectivity index (χ3v) is 12.4. The van der Waals surface area contributed by atoms with Crippen LogP contribution in [0.1, 0.15) is 33.4 Å². The molecule has 2 aromatic heterocycles. The van der Waals surface area contributed by atoms with E-state index in [1.807, 2.05) is 0 Å². The molecule has 0 bridgehead atoms. The van der Waals surface area contributed by atoms with Crippen LogP contribution in [-0.4, -0.2) is 9.13 Å². The Hall–Kier alpha value is -3.16. The minimum absolute atomic E-state index is 0.987. The van der Waals surface area contributed by atoms with Gasteiger partial charge in [-0.25, -0.2) is 0 Å². The SMILES string of the molecule is Cc1ccc2c(c1)c1c(n2C)-c2ccc[c]([Zr][c]3cccc4c3Cc3c-4n(C)c4ccc(C)cc34)c2C1. The van der Waals surface area contributed by atoms with Gasteiger partial charge in [0.1, 0.15) is 0 Å². The molecule has 3 heteroatoms. The average molecular weight is 556 g/mol. The normalized spacial score (nSPS) is 13.2. The van der Waals surface area contributed by atoms with Crippen LogP contribution in [0.3, 0.4) is 0 Å². The van der Waals surface area contributed by atoms with E-state index in [4.69, 9.17) is 0 Å². The molecule has 0 spiro atoms. The number of fused-ring (bicyclic) bond motifs is 10.